The molecule has 0 unspecified atom stereocenters. The molecule has 0 saturated carbocycles. The van der Waals surface area contributed by atoms with Crippen molar-refractivity contribution in [3.63, 3.8) is 0 Å². The molecule has 0 radical (unpaired) electrons. The Morgan fingerprint density at radius 1 is 0.533 bits per heavy atom. The highest BCUT2D eigenvalue weighted by Crippen LogP contribution is 2.34. The quantitative estimate of drug-likeness (QED) is 0.185. The van der Waals surface area contributed by atoms with E-state index in [2.05, 4.69) is 66.1 Å². The lowest BCUT2D eigenvalue weighted by Gasteiger charge is -2.37. The highest BCUT2D eigenvalue weighted by atomic mass is 27.2. The van der Waals surface area contributed by atoms with Crippen LogP contribution in [0, 0.1) is 0 Å². The van der Waals surface area contributed by atoms with Crippen LogP contribution in [0.1, 0.15) is 105 Å². The van der Waals surface area contributed by atoms with E-state index in [1.165, 1.54) is 62.0 Å². The zero-order valence-corrected chi connectivity index (χ0v) is 22.9. The average molecular weight is 434 g/mol. The van der Waals surface area contributed by atoms with Gasteiger partial charge in [0.25, 0.3) is 0 Å². The normalized spacial score (nSPS) is 11.4. The summed E-state index contributed by atoms with van der Waals surface area (Å²) in [5.74, 6) is 0. The summed E-state index contributed by atoms with van der Waals surface area (Å²) in [5, 5.41) is 6.71. The Morgan fingerprint density at radius 3 is 1.10 bits per heavy atom. The van der Waals surface area contributed by atoms with Crippen molar-refractivity contribution in [3.8, 4) is 0 Å². The first-order valence-electron chi connectivity index (χ1n) is 13.6. The Bertz CT molecular complexity index is 411. The number of quaternary nitrogens is 1. The van der Waals surface area contributed by atoms with Crippen molar-refractivity contribution >= 4 is 18.8 Å². The summed E-state index contributed by atoms with van der Waals surface area (Å²) < 4.78 is 0. The predicted molar refractivity (Wildman–Crippen MR) is 142 cm³/mol. The van der Waals surface area contributed by atoms with E-state index in [0.717, 1.165) is 0 Å². The minimum absolute atomic E-state index is 1.27. The monoisotopic (exact) mass is 433 g/mol. The minimum atomic E-state index is -1.27. The van der Waals surface area contributed by atoms with Crippen LogP contribution in [0.5, 0.6) is 0 Å². The SMILES string of the molecule is CCCC[CH2][Al-]([CH2]CCCC)([CH2]CCCC)[CH2]CCCC.C[NH+](C)c1ccccc1. The molecule has 0 aliphatic rings. The van der Waals surface area contributed by atoms with E-state index in [9.17, 15) is 0 Å². The third-order valence-corrected chi connectivity index (χ3v) is 13.6. The molecule has 1 aromatic carbocycles. The van der Waals surface area contributed by atoms with Crippen LogP contribution < -0.4 is 4.90 Å². The fourth-order valence-electron chi connectivity index (χ4n) is 4.95. The third-order valence-electron chi connectivity index (χ3n) is 7.03. The van der Waals surface area contributed by atoms with Crippen molar-refractivity contribution < 1.29 is 4.90 Å². The fourth-order valence-corrected chi connectivity index (χ4v) is 11.3. The van der Waals surface area contributed by atoms with E-state index in [-0.39, 0.29) is 0 Å². The van der Waals surface area contributed by atoms with Gasteiger partial charge in [0.15, 0.2) is 0 Å². The first-order valence-corrected chi connectivity index (χ1v) is 16.9. The molecule has 0 atom stereocenters. The van der Waals surface area contributed by atoms with Crippen molar-refractivity contribution in [1.29, 1.82) is 0 Å². The zero-order valence-electron chi connectivity index (χ0n) is 21.8. The smallest absolute Gasteiger partial charge is 0.134 e. The summed E-state index contributed by atoms with van der Waals surface area (Å²) in [6.07, 6.45) is 17.7. The van der Waals surface area contributed by atoms with Gasteiger partial charge in [0, 0.05) is 0 Å². The number of para-hydroxylation sites is 1. The molecule has 1 aromatic rings. The second kappa shape index (κ2) is 20.6. The Labute approximate surface area is 193 Å². The molecule has 176 valence electrons. The maximum Gasteiger partial charge on any atom is 0.134 e. The second-order valence-electron chi connectivity index (χ2n) is 10.1. The molecule has 0 aliphatic carbocycles. The van der Waals surface area contributed by atoms with E-state index in [1.807, 2.05) is 6.07 Å². The van der Waals surface area contributed by atoms with Crippen LogP contribution in [-0.2, 0) is 0 Å². The highest BCUT2D eigenvalue weighted by Gasteiger charge is 2.26. The predicted octanol–water partition coefficient (Wildman–Crippen LogP) is 8.66. The lowest BCUT2D eigenvalue weighted by Crippen LogP contribution is -3.00. The Hall–Kier alpha value is -0.288. The molecule has 0 aromatic heterocycles. The van der Waals surface area contributed by atoms with Gasteiger partial charge in [-0.1, -0.05) is 123 Å². The average Bonchev–Trinajstić information content (AvgIpc) is 2.75. The van der Waals surface area contributed by atoms with Crippen LogP contribution in [0.2, 0.25) is 21.1 Å². The topological polar surface area (TPSA) is 4.44 Å². The molecule has 0 spiro atoms. The lowest BCUT2D eigenvalue weighted by atomic mass is 10.3. The first kappa shape index (κ1) is 29.7. The summed E-state index contributed by atoms with van der Waals surface area (Å²) in [4.78, 5) is 1.37. The van der Waals surface area contributed by atoms with Gasteiger partial charge in [-0.05, 0) is 12.1 Å². The second-order valence-corrected chi connectivity index (χ2v) is 15.9. The van der Waals surface area contributed by atoms with Crippen molar-refractivity contribution in [2.45, 2.75) is 126 Å². The molecule has 0 heterocycles. The van der Waals surface area contributed by atoms with E-state index < -0.39 is 13.1 Å². The van der Waals surface area contributed by atoms with Gasteiger partial charge in [0.05, 0.1) is 14.1 Å². The molecule has 1 rings (SSSR count). The molecular formula is C28H56AlN. The summed E-state index contributed by atoms with van der Waals surface area (Å²) in [7, 11) is 4.24. The third kappa shape index (κ3) is 15.5. The molecule has 0 aliphatic heterocycles. The molecule has 2 heteroatoms. The summed E-state index contributed by atoms with van der Waals surface area (Å²) in [6, 6.07) is 10.4. The van der Waals surface area contributed by atoms with Gasteiger partial charge in [-0.2, -0.15) is 21.1 Å². The summed E-state index contributed by atoms with van der Waals surface area (Å²) in [6.45, 7) is 9.43. The van der Waals surface area contributed by atoms with Crippen molar-refractivity contribution in [2.75, 3.05) is 14.1 Å². The zero-order chi connectivity index (χ0) is 22.5. The molecule has 0 amide bonds. The maximum absolute atomic E-state index is 2.36. The largest absolute Gasteiger partial charge is 0.307 e. The number of nitrogens with one attached hydrogen (secondary N) is 1. The van der Waals surface area contributed by atoms with Gasteiger partial charge >= 0.3 is 0 Å². The Kier molecular flexibility index (Phi) is 20.4. The van der Waals surface area contributed by atoms with E-state index in [1.54, 1.807) is 46.8 Å². The molecule has 1 nitrogen and oxygen atoms in total. The van der Waals surface area contributed by atoms with Gasteiger partial charge < -0.3 is 4.90 Å². The molecule has 1 N–H and O–H groups in total. The Morgan fingerprint density at radius 2 is 0.867 bits per heavy atom. The first-order chi connectivity index (χ1) is 14.5. The molecule has 30 heavy (non-hydrogen) atoms. The molecule has 0 fully saturated rings. The fraction of sp³-hybridized carbons (Fsp3) is 0.786. The van der Waals surface area contributed by atoms with Crippen molar-refractivity contribution in [2.24, 2.45) is 0 Å². The maximum atomic E-state index is 2.36. The number of hydrogen-bond donors (Lipinski definition) is 1. The Balaban J connectivity index is 0.000000769. The van der Waals surface area contributed by atoms with E-state index in [4.69, 9.17) is 0 Å². The van der Waals surface area contributed by atoms with Gasteiger partial charge in [-0.25, -0.2) is 0 Å². The van der Waals surface area contributed by atoms with Gasteiger partial charge in [-0.15, -0.1) is 0 Å². The van der Waals surface area contributed by atoms with Crippen LogP contribution in [0.3, 0.4) is 0 Å². The van der Waals surface area contributed by atoms with Crippen LogP contribution in [0.25, 0.3) is 0 Å². The number of unbranched alkanes of at least 4 members (excludes halogenated alkanes) is 8. The van der Waals surface area contributed by atoms with Crippen LogP contribution in [0.4, 0.5) is 5.69 Å². The number of benzene rings is 1. The van der Waals surface area contributed by atoms with Gasteiger partial charge in [-0.3, -0.25) is 0 Å². The summed E-state index contributed by atoms with van der Waals surface area (Å²) in [5.41, 5.74) is 1.33. The minimum Gasteiger partial charge on any atom is -0.307 e. The number of hydrogen-bond acceptors (Lipinski definition) is 0. The lowest BCUT2D eigenvalue weighted by molar-refractivity contribution is -0.786. The molecule has 0 saturated heterocycles. The van der Waals surface area contributed by atoms with E-state index in [0.29, 0.717) is 0 Å². The van der Waals surface area contributed by atoms with Gasteiger partial charge in [0.1, 0.15) is 18.8 Å². The van der Waals surface area contributed by atoms with E-state index >= 15 is 0 Å². The molecule has 0 bridgehead atoms. The number of rotatable bonds is 17. The van der Waals surface area contributed by atoms with Crippen LogP contribution in [0.15, 0.2) is 30.3 Å². The standard InChI is InChI=1S/C8H11N.4C5H11.Al/c1-9(2)8-6-4-3-5-7-8;4*1-3-5-4-2;/h3-7H,1-2H3;4*1,3-5H2,2H3;/q;;;;;-1/p+1. The van der Waals surface area contributed by atoms with Crippen LogP contribution in [-0.4, -0.2) is 27.2 Å². The molecular weight excluding hydrogens is 377 g/mol. The van der Waals surface area contributed by atoms with Crippen molar-refractivity contribution in [3.05, 3.63) is 30.3 Å². The van der Waals surface area contributed by atoms with Crippen LogP contribution >= 0.6 is 0 Å². The van der Waals surface area contributed by atoms with Gasteiger partial charge in [0.2, 0.25) is 0 Å². The van der Waals surface area contributed by atoms with Crippen molar-refractivity contribution in [1.82, 2.24) is 0 Å². The highest BCUT2D eigenvalue weighted by molar-refractivity contribution is 6.79. The summed E-state index contributed by atoms with van der Waals surface area (Å²) >= 11 is -1.27.